The summed E-state index contributed by atoms with van der Waals surface area (Å²) in [6.45, 7) is 9.87. The van der Waals surface area contributed by atoms with Crippen LogP contribution in [0.5, 0.6) is 0 Å². The minimum Gasteiger partial charge on any atom is -0.392 e. The van der Waals surface area contributed by atoms with E-state index in [4.69, 9.17) is 14.2 Å². The van der Waals surface area contributed by atoms with E-state index in [0.29, 0.717) is 24.0 Å². The molecular weight excluding hydrogens is 432 g/mol. The highest BCUT2D eigenvalue weighted by Crippen LogP contribution is 2.68. The number of hydrogen-bond donors (Lipinski definition) is 2. The van der Waals surface area contributed by atoms with Gasteiger partial charge in [-0.25, -0.2) is 0 Å². The second kappa shape index (κ2) is 6.99. The van der Waals surface area contributed by atoms with Gasteiger partial charge in [0.2, 0.25) is 0 Å². The van der Waals surface area contributed by atoms with Crippen molar-refractivity contribution in [1.29, 1.82) is 0 Å². The van der Waals surface area contributed by atoms with Gasteiger partial charge in [0.05, 0.1) is 18.6 Å². The Kier molecular flexibility index (Phi) is 4.60. The molecule has 1 saturated carbocycles. The molecule has 3 bridgehead atoms. The second-order valence-corrected chi connectivity index (χ2v) is 11.0. The number of hydrogen-bond acceptors (Lipinski definition) is 6. The van der Waals surface area contributed by atoms with Crippen molar-refractivity contribution in [3.8, 4) is 0 Å². The Bertz CT molecular complexity index is 1140. The zero-order valence-corrected chi connectivity index (χ0v) is 19.9. The Morgan fingerprint density at radius 1 is 1.21 bits per heavy atom. The molecule has 6 nitrogen and oxygen atoms in total. The molecule has 34 heavy (non-hydrogen) atoms. The van der Waals surface area contributed by atoms with E-state index in [-0.39, 0.29) is 30.6 Å². The number of aliphatic hydroxyl groups excluding tert-OH is 1. The van der Waals surface area contributed by atoms with E-state index < -0.39 is 34.8 Å². The molecule has 0 spiro atoms. The molecule has 8 atom stereocenters. The van der Waals surface area contributed by atoms with E-state index >= 15 is 0 Å². The summed E-state index contributed by atoms with van der Waals surface area (Å²) in [5.74, 6) is -2.64. The Hall–Kier alpha value is -2.09. The number of carbonyl (C=O) groups excluding carboxylic acids is 1. The van der Waals surface area contributed by atoms with Crippen molar-refractivity contribution >= 4 is 5.78 Å². The van der Waals surface area contributed by atoms with Gasteiger partial charge < -0.3 is 24.4 Å². The molecule has 3 fully saturated rings. The van der Waals surface area contributed by atoms with Crippen molar-refractivity contribution in [2.75, 3.05) is 6.61 Å². The molecule has 2 heterocycles. The third-order valence-electron chi connectivity index (χ3n) is 8.93. The largest absolute Gasteiger partial charge is 0.392 e. The zero-order valence-electron chi connectivity index (χ0n) is 19.9. The van der Waals surface area contributed by atoms with Crippen LogP contribution in [0.4, 0.5) is 0 Å². The molecule has 5 aliphatic rings. The smallest absolute Gasteiger partial charge is 0.289 e. The van der Waals surface area contributed by atoms with Crippen molar-refractivity contribution in [1.82, 2.24) is 0 Å². The van der Waals surface area contributed by atoms with Gasteiger partial charge in [-0.3, -0.25) is 4.79 Å². The number of fused-ring (bicyclic) bond motifs is 2. The molecule has 0 radical (unpaired) electrons. The molecule has 1 aromatic rings. The van der Waals surface area contributed by atoms with Gasteiger partial charge >= 0.3 is 0 Å². The Morgan fingerprint density at radius 3 is 2.62 bits per heavy atom. The standard InChI is InChI=1S/C28H32O6/c1-16(2)26-12-18(4)28-21(11-20(15-29)13-25(31)22(28)10-17(3)23(25)30)24(26)32-27(33-26,34-28)14-19-8-6-5-7-9-19/h5-11,18,21-22,24,29,31H,1,12-15H2,2-4H3/t18-,21+,22-,24-,25-,26?,27?,28-/m1/s1. The summed E-state index contributed by atoms with van der Waals surface area (Å²) in [6, 6.07) is 9.92. The maximum absolute atomic E-state index is 13.3. The number of benzene rings is 1. The molecule has 0 aromatic heterocycles. The lowest BCUT2D eigenvalue weighted by molar-refractivity contribution is -0.421. The van der Waals surface area contributed by atoms with E-state index in [0.717, 1.165) is 11.1 Å². The normalized spacial score (nSPS) is 46.4. The number of Topliss-reactive ketones (excluding diaryl/α,β-unsaturated/α-hetero) is 1. The molecule has 2 saturated heterocycles. The first kappa shape index (κ1) is 22.4. The van der Waals surface area contributed by atoms with Crippen LogP contribution in [-0.4, -0.2) is 51.5 Å². The van der Waals surface area contributed by atoms with Crippen LogP contribution in [0.3, 0.4) is 0 Å². The number of ketones is 1. The van der Waals surface area contributed by atoms with Gasteiger partial charge in [-0.05, 0) is 48.5 Å². The van der Waals surface area contributed by atoms with Gasteiger partial charge in [0.15, 0.2) is 5.78 Å². The quantitative estimate of drug-likeness (QED) is 0.666. The Morgan fingerprint density at radius 2 is 1.94 bits per heavy atom. The van der Waals surface area contributed by atoms with E-state index in [1.54, 1.807) is 6.92 Å². The van der Waals surface area contributed by atoms with E-state index in [1.165, 1.54) is 0 Å². The van der Waals surface area contributed by atoms with Crippen LogP contribution in [0, 0.1) is 17.8 Å². The first-order valence-corrected chi connectivity index (χ1v) is 12.1. The van der Waals surface area contributed by atoms with E-state index in [2.05, 4.69) is 13.5 Å². The molecule has 3 aliphatic carbocycles. The molecule has 2 N–H and O–H groups in total. The summed E-state index contributed by atoms with van der Waals surface area (Å²) in [4.78, 5) is 13.3. The topological polar surface area (TPSA) is 85.2 Å². The first-order valence-electron chi connectivity index (χ1n) is 12.1. The van der Waals surface area contributed by atoms with Gasteiger partial charge in [-0.15, -0.1) is 0 Å². The van der Waals surface area contributed by atoms with E-state index in [1.807, 2.05) is 49.4 Å². The van der Waals surface area contributed by atoms with Crippen LogP contribution < -0.4 is 0 Å². The number of ether oxygens (including phenoxy) is 3. The minimum atomic E-state index is -1.67. The molecular formula is C28H32O6. The molecule has 6 heteroatoms. The molecule has 6 rings (SSSR count). The van der Waals surface area contributed by atoms with Crippen molar-refractivity contribution in [3.05, 3.63) is 71.3 Å². The molecule has 0 amide bonds. The minimum absolute atomic E-state index is 0.0761. The SMILES string of the molecule is C=C(C)C12C[C@@H](C)[C@@]34OC(Cc5ccccc5)(O[C@@H]1[C@@H]3C=C(CO)C[C@]1(O)C(=O)C(C)=C[C@@H]41)O2. The summed E-state index contributed by atoms with van der Waals surface area (Å²) in [7, 11) is 0. The van der Waals surface area contributed by atoms with E-state index in [9.17, 15) is 15.0 Å². The second-order valence-electron chi connectivity index (χ2n) is 11.0. The van der Waals surface area contributed by atoms with Gasteiger partial charge in [0.1, 0.15) is 17.3 Å². The number of aliphatic hydroxyl groups is 2. The summed E-state index contributed by atoms with van der Waals surface area (Å²) in [5, 5.41) is 22.1. The molecule has 1 aromatic carbocycles. The van der Waals surface area contributed by atoms with Crippen molar-refractivity contribution in [2.24, 2.45) is 17.8 Å². The third kappa shape index (κ3) is 2.61. The predicted molar refractivity (Wildman–Crippen MR) is 124 cm³/mol. The number of rotatable bonds is 4. The molecule has 2 aliphatic heterocycles. The lowest BCUT2D eigenvalue weighted by Gasteiger charge is -2.59. The fourth-order valence-corrected chi connectivity index (χ4v) is 7.50. The van der Waals surface area contributed by atoms with Crippen LogP contribution in [0.2, 0.25) is 0 Å². The fourth-order valence-electron chi connectivity index (χ4n) is 7.50. The number of carbonyl (C=O) groups is 1. The average Bonchev–Trinajstić information content (AvgIpc) is 3.10. The first-order chi connectivity index (χ1) is 16.1. The highest BCUT2D eigenvalue weighted by atomic mass is 16.9. The van der Waals surface area contributed by atoms with Crippen molar-refractivity contribution < 1.29 is 29.2 Å². The van der Waals surface area contributed by atoms with Gasteiger partial charge in [-0.2, -0.15) is 0 Å². The summed E-state index contributed by atoms with van der Waals surface area (Å²) >= 11 is 0. The van der Waals surface area contributed by atoms with Crippen molar-refractivity contribution in [3.63, 3.8) is 0 Å². The molecule has 180 valence electrons. The Balaban J connectivity index is 1.58. The zero-order chi connectivity index (χ0) is 24.1. The van der Waals surface area contributed by atoms with Gasteiger partial charge in [-0.1, -0.05) is 56.0 Å². The van der Waals surface area contributed by atoms with Crippen LogP contribution >= 0.6 is 0 Å². The third-order valence-corrected chi connectivity index (χ3v) is 8.93. The highest BCUT2D eigenvalue weighted by Gasteiger charge is 2.79. The maximum Gasteiger partial charge on any atom is 0.289 e. The van der Waals surface area contributed by atoms with Crippen LogP contribution in [-0.2, 0) is 25.4 Å². The lowest BCUT2D eigenvalue weighted by Crippen LogP contribution is -2.70. The van der Waals surface area contributed by atoms with Crippen LogP contribution in [0.15, 0.2) is 65.8 Å². The van der Waals surface area contributed by atoms with Crippen molar-refractivity contribution in [2.45, 2.75) is 68.9 Å². The fraction of sp³-hybridized carbons (Fsp3) is 0.536. The monoisotopic (exact) mass is 464 g/mol. The summed E-state index contributed by atoms with van der Waals surface area (Å²) < 4.78 is 20.5. The lowest BCUT2D eigenvalue weighted by atomic mass is 9.55. The molecule has 2 unspecified atom stereocenters. The predicted octanol–water partition coefficient (Wildman–Crippen LogP) is 3.24. The summed E-state index contributed by atoms with van der Waals surface area (Å²) in [5.41, 5.74) is -0.348. The van der Waals surface area contributed by atoms with Gasteiger partial charge in [0, 0.05) is 18.3 Å². The average molecular weight is 465 g/mol. The summed E-state index contributed by atoms with van der Waals surface area (Å²) in [6.07, 6.45) is 4.51. The van der Waals surface area contributed by atoms with Crippen LogP contribution in [0.1, 0.15) is 39.2 Å². The van der Waals surface area contributed by atoms with Gasteiger partial charge in [0.25, 0.3) is 5.97 Å². The maximum atomic E-state index is 13.3. The highest BCUT2D eigenvalue weighted by molar-refractivity contribution is 6.04. The Labute approximate surface area is 199 Å². The van der Waals surface area contributed by atoms with Crippen LogP contribution in [0.25, 0.3) is 0 Å².